The van der Waals surface area contributed by atoms with E-state index in [1.165, 1.54) is 44.6 Å². The molecule has 26 heavy (non-hydrogen) atoms. The third-order valence-electron chi connectivity index (χ3n) is 3.72. The quantitative estimate of drug-likeness (QED) is 0.761. The SMILES string of the molecule is COc1cc(C)c(S(=O)(=O)Nc2ccc(C)c(S(N)(=O)=O)c2)cc1OC. The van der Waals surface area contributed by atoms with Crippen LogP contribution in [0.5, 0.6) is 11.5 Å². The first kappa shape index (κ1) is 20.0. The molecule has 142 valence electrons. The molecule has 2 aromatic carbocycles. The molecule has 0 saturated carbocycles. The highest BCUT2D eigenvalue weighted by molar-refractivity contribution is 7.92. The van der Waals surface area contributed by atoms with Crippen LogP contribution >= 0.6 is 0 Å². The predicted molar refractivity (Wildman–Crippen MR) is 97.6 cm³/mol. The monoisotopic (exact) mass is 400 g/mol. The van der Waals surface area contributed by atoms with Gasteiger partial charge in [-0.1, -0.05) is 6.07 Å². The van der Waals surface area contributed by atoms with Crippen molar-refractivity contribution in [1.82, 2.24) is 0 Å². The van der Waals surface area contributed by atoms with Crippen molar-refractivity contribution in [3.63, 3.8) is 0 Å². The van der Waals surface area contributed by atoms with Gasteiger partial charge in [0.15, 0.2) is 11.5 Å². The molecule has 0 heterocycles. The van der Waals surface area contributed by atoms with Gasteiger partial charge in [0.05, 0.1) is 29.7 Å². The summed E-state index contributed by atoms with van der Waals surface area (Å²) in [6, 6.07) is 6.98. The number of methoxy groups -OCH3 is 2. The molecule has 0 aliphatic heterocycles. The molecule has 2 aromatic rings. The molecule has 2 rings (SSSR count). The zero-order chi connectivity index (χ0) is 19.7. The van der Waals surface area contributed by atoms with Crippen LogP contribution in [0.25, 0.3) is 0 Å². The Labute approximate surface area is 153 Å². The van der Waals surface area contributed by atoms with Crippen molar-refractivity contribution in [3.05, 3.63) is 41.5 Å². The van der Waals surface area contributed by atoms with E-state index in [0.717, 1.165) is 0 Å². The van der Waals surface area contributed by atoms with Gasteiger partial charge in [-0.25, -0.2) is 22.0 Å². The summed E-state index contributed by atoms with van der Waals surface area (Å²) in [4.78, 5) is -0.172. The number of anilines is 1. The van der Waals surface area contributed by atoms with Crippen molar-refractivity contribution in [2.75, 3.05) is 18.9 Å². The minimum atomic E-state index is -4.00. The van der Waals surface area contributed by atoms with Crippen molar-refractivity contribution in [2.45, 2.75) is 23.6 Å². The second-order valence-corrected chi connectivity index (χ2v) is 8.78. The zero-order valence-corrected chi connectivity index (χ0v) is 16.4. The van der Waals surface area contributed by atoms with E-state index < -0.39 is 20.0 Å². The molecular weight excluding hydrogens is 380 g/mol. The second-order valence-electron chi connectivity index (χ2n) is 5.60. The lowest BCUT2D eigenvalue weighted by Gasteiger charge is -2.15. The maximum atomic E-state index is 12.7. The molecule has 8 nitrogen and oxygen atoms in total. The molecule has 0 unspecified atom stereocenters. The lowest BCUT2D eigenvalue weighted by Crippen LogP contribution is -2.17. The lowest BCUT2D eigenvalue weighted by atomic mass is 10.2. The number of ether oxygens (including phenoxy) is 2. The van der Waals surface area contributed by atoms with Crippen LogP contribution in [0.4, 0.5) is 5.69 Å². The highest BCUT2D eigenvalue weighted by atomic mass is 32.2. The van der Waals surface area contributed by atoms with Crippen LogP contribution in [-0.2, 0) is 20.0 Å². The van der Waals surface area contributed by atoms with Gasteiger partial charge in [0.25, 0.3) is 10.0 Å². The number of aryl methyl sites for hydroxylation is 2. The van der Waals surface area contributed by atoms with Gasteiger partial charge in [-0.05, 0) is 43.2 Å². The van der Waals surface area contributed by atoms with Crippen molar-refractivity contribution in [3.8, 4) is 11.5 Å². The zero-order valence-electron chi connectivity index (χ0n) is 14.7. The molecule has 0 radical (unpaired) electrons. The van der Waals surface area contributed by atoms with Crippen LogP contribution in [0.15, 0.2) is 40.1 Å². The summed E-state index contributed by atoms with van der Waals surface area (Å²) in [5.74, 6) is 0.656. The average Bonchev–Trinajstić information content (AvgIpc) is 2.54. The van der Waals surface area contributed by atoms with E-state index in [0.29, 0.717) is 16.9 Å². The fraction of sp³-hybridized carbons (Fsp3) is 0.250. The average molecular weight is 400 g/mol. The maximum Gasteiger partial charge on any atom is 0.262 e. The summed E-state index contributed by atoms with van der Waals surface area (Å²) in [6.07, 6.45) is 0. The molecular formula is C16H20N2O6S2. The molecule has 0 amide bonds. The van der Waals surface area contributed by atoms with E-state index in [2.05, 4.69) is 4.72 Å². The number of hydrogen-bond acceptors (Lipinski definition) is 6. The number of primary sulfonamides is 1. The fourth-order valence-corrected chi connectivity index (χ4v) is 4.53. The van der Waals surface area contributed by atoms with Gasteiger partial charge in [-0.15, -0.1) is 0 Å². The van der Waals surface area contributed by atoms with Gasteiger partial charge in [0.2, 0.25) is 10.0 Å². The van der Waals surface area contributed by atoms with Gasteiger partial charge in [0, 0.05) is 6.07 Å². The van der Waals surface area contributed by atoms with Crippen LogP contribution in [0, 0.1) is 13.8 Å². The molecule has 0 spiro atoms. The van der Waals surface area contributed by atoms with E-state index in [-0.39, 0.29) is 21.2 Å². The number of nitrogens with two attached hydrogens (primary N) is 1. The Balaban J connectivity index is 2.51. The van der Waals surface area contributed by atoms with E-state index >= 15 is 0 Å². The van der Waals surface area contributed by atoms with Crippen molar-refractivity contribution in [1.29, 1.82) is 0 Å². The minimum Gasteiger partial charge on any atom is -0.493 e. The smallest absolute Gasteiger partial charge is 0.262 e. The summed E-state index contributed by atoms with van der Waals surface area (Å²) in [6.45, 7) is 3.18. The highest BCUT2D eigenvalue weighted by Crippen LogP contribution is 2.33. The number of hydrogen-bond donors (Lipinski definition) is 2. The molecule has 10 heteroatoms. The standard InChI is InChI=1S/C16H20N2O6S2/c1-10-5-6-12(8-15(10)25(17,19)20)18-26(21,22)16-9-14(24-4)13(23-3)7-11(16)2/h5-9,18H,1-4H3,(H2,17,19,20). The van der Waals surface area contributed by atoms with E-state index in [1.807, 2.05) is 0 Å². The van der Waals surface area contributed by atoms with Gasteiger partial charge in [-0.2, -0.15) is 0 Å². The normalized spacial score (nSPS) is 11.9. The van der Waals surface area contributed by atoms with E-state index in [9.17, 15) is 16.8 Å². The molecule has 0 aliphatic rings. The molecule has 0 fully saturated rings. The van der Waals surface area contributed by atoms with Crippen molar-refractivity contribution >= 4 is 25.7 Å². The Hall–Kier alpha value is -2.30. The predicted octanol–water partition coefficient (Wildman–Crippen LogP) is 1.77. The Morgan fingerprint density at radius 2 is 1.42 bits per heavy atom. The van der Waals surface area contributed by atoms with Crippen LogP contribution < -0.4 is 19.3 Å². The van der Waals surface area contributed by atoms with Gasteiger partial charge in [0.1, 0.15) is 0 Å². The topological polar surface area (TPSA) is 125 Å². The molecule has 0 aliphatic carbocycles. The highest BCUT2D eigenvalue weighted by Gasteiger charge is 2.21. The number of benzene rings is 2. The van der Waals surface area contributed by atoms with Crippen LogP contribution in [0.3, 0.4) is 0 Å². The Bertz CT molecular complexity index is 1050. The van der Waals surface area contributed by atoms with Crippen molar-refractivity contribution < 1.29 is 26.3 Å². The first-order valence-electron chi connectivity index (χ1n) is 7.38. The summed E-state index contributed by atoms with van der Waals surface area (Å²) in [7, 11) is -5.13. The van der Waals surface area contributed by atoms with E-state index in [4.69, 9.17) is 14.6 Å². The molecule has 3 N–H and O–H groups in total. The van der Waals surface area contributed by atoms with Gasteiger partial charge >= 0.3 is 0 Å². The third-order valence-corrected chi connectivity index (χ3v) is 6.29. The largest absolute Gasteiger partial charge is 0.493 e. The molecule has 0 saturated heterocycles. The molecule has 0 atom stereocenters. The molecule has 0 bridgehead atoms. The summed E-state index contributed by atoms with van der Waals surface area (Å²) in [5.41, 5.74) is 0.931. The third kappa shape index (κ3) is 4.09. The summed E-state index contributed by atoms with van der Waals surface area (Å²) >= 11 is 0. The van der Waals surface area contributed by atoms with Crippen LogP contribution in [0.1, 0.15) is 11.1 Å². The first-order valence-corrected chi connectivity index (χ1v) is 10.4. The molecule has 0 aromatic heterocycles. The number of nitrogens with one attached hydrogen (secondary N) is 1. The minimum absolute atomic E-state index is 0.0205. The lowest BCUT2D eigenvalue weighted by molar-refractivity contribution is 0.353. The second kappa shape index (κ2) is 7.14. The summed E-state index contributed by atoms with van der Waals surface area (Å²) < 4.78 is 61.4. The Kier molecular flexibility index (Phi) is 5.49. The Morgan fingerprint density at radius 1 is 0.846 bits per heavy atom. The van der Waals surface area contributed by atoms with Gasteiger partial charge < -0.3 is 9.47 Å². The van der Waals surface area contributed by atoms with Crippen molar-refractivity contribution in [2.24, 2.45) is 5.14 Å². The van der Waals surface area contributed by atoms with Gasteiger partial charge in [-0.3, -0.25) is 4.72 Å². The first-order chi connectivity index (χ1) is 12.0. The van der Waals surface area contributed by atoms with E-state index in [1.54, 1.807) is 13.8 Å². The summed E-state index contributed by atoms with van der Waals surface area (Å²) in [5, 5.41) is 5.16. The number of sulfonamides is 2. The Morgan fingerprint density at radius 3 is 1.96 bits per heavy atom. The van der Waals surface area contributed by atoms with Crippen LogP contribution in [-0.4, -0.2) is 31.1 Å². The van der Waals surface area contributed by atoms with Crippen LogP contribution in [0.2, 0.25) is 0 Å². The maximum absolute atomic E-state index is 12.7. The number of rotatable bonds is 6. The fourth-order valence-electron chi connectivity index (χ4n) is 2.43.